The Kier molecular flexibility index (Phi) is 3.44. The van der Waals surface area contributed by atoms with Crippen molar-refractivity contribution in [2.75, 3.05) is 0 Å². The second kappa shape index (κ2) is 4.92. The van der Waals surface area contributed by atoms with Crippen molar-refractivity contribution in [2.24, 2.45) is 0 Å². The van der Waals surface area contributed by atoms with Gasteiger partial charge in [0, 0.05) is 11.8 Å². The molecule has 0 bridgehead atoms. The number of pyridine rings is 1. The van der Waals surface area contributed by atoms with Crippen LogP contribution >= 0.6 is 0 Å². The molecule has 7 heteroatoms. The van der Waals surface area contributed by atoms with E-state index >= 15 is 0 Å². The van der Waals surface area contributed by atoms with Gasteiger partial charge in [-0.15, -0.1) is 0 Å². The molecule has 1 heterocycles. The van der Waals surface area contributed by atoms with E-state index in [0.29, 0.717) is 12.3 Å². The van der Waals surface area contributed by atoms with Crippen LogP contribution in [0.4, 0.5) is 17.6 Å². The Balaban J connectivity index is 2.67. The lowest BCUT2D eigenvalue weighted by molar-refractivity contribution is -0.137. The summed E-state index contributed by atoms with van der Waals surface area (Å²) in [7, 11) is 0. The van der Waals surface area contributed by atoms with E-state index in [9.17, 15) is 22.4 Å². The van der Waals surface area contributed by atoms with Crippen molar-refractivity contribution in [3.63, 3.8) is 0 Å². The molecule has 0 saturated carbocycles. The molecule has 0 amide bonds. The van der Waals surface area contributed by atoms with Crippen molar-refractivity contribution < 1.29 is 27.5 Å². The van der Waals surface area contributed by atoms with Gasteiger partial charge in [0.2, 0.25) is 0 Å². The van der Waals surface area contributed by atoms with Crippen LogP contribution in [-0.4, -0.2) is 16.1 Å². The maximum atomic E-state index is 13.1. The Morgan fingerprint density at radius 1 is 1.20 bits per heavy atom. The number of nitrogens with zero attached hydrogens (tertiary/aromatic N) is 1. The van der Waals surface area contributed by atoms with Gasteiger partial charge in [0.05, 0.1) is 5.56 Å². The minimum absolute atomic E-state index is 0.0148. The Morgan fingerprint density at radius 3 is 2.45 bits per heavy atom. The van der Waals surface area contributed by atoms with Crippen LogP contribution in [0.15, 0.2) is 36.5 Å². The number of carboxylic acids is 1. The molecule has 1 aromatic carbocycles. The maximum Gasteiger partial charge on any atom is 0.417 e. The quantitative estimate of drug-likeness (QED) is 0.858. The van der Waals surface area contributed by atoms with E-state index < -0.39 is 29.2 Å². The molecule has 3 nitrogen and oxygen atoms in total. The first kappa shape index (κ1) is 14.0. The van der Waals surface area contributed by atoms with Gasteiger partial charge in [0.15, 0.2) is 5.69 Å². The third kappa shape index (κ3) is 2.76. The predicted molar refractivity (Wildman–Crippen MR) is 61.6 cm³/mol. The molecule has 0 spiro atoms. The number of carboxylic acid groups (broad SMARTS) is 1. The lowest BCUT2D eigenvalue weighted by Crippen LogP contribution is -2.10. The molecule has 0 saturated heterocycles. The fraction of sp³-hybridized carbons (Fsp3) is 0.0769. The highest BCUT2D eigenvalue weighted by Crippen LogP contribution is 2.33. The Hall–Kier alpha value is -2.44. The molecular formula is C13H7F4NO2. The number of carbonyl (C=O) groups is 1. The summed E-state index contributed by atoms with van der Waals surface area (Å²) in [6.45, 7) is 0. The highest BCUT2D eigenvalue weighted by molar-refractivity contribution is 5.94. The fourth-order valence-corrected chi connectivity index (χ4v) is 1.67. The summed E-state index contributed by atoms with van der Waals surface area (Å²) in [6.07, 6.45) is -4.22. The molecule has 2 aromatic rings. The average Bonchev–Trinajstić information content (AvgIpc) is 2.37. The molecule has 0 fully saturated rings. The summed E-state index contributed by atoms with van der Waals surface area (Å²) in [6, 6.07) is 5.28. The van der Waals surface area contributed by atoms with Crippen molar-refractivity contribution in [3.05, 3.63) is 53.6 Å². The first-order valence-corrected chi connectivity index (χ1v) is 5.35. The van der Waals surface area contributed by atoms with Gasteiger partial charge in [0.1, 0.15) is 5.82 Å². The van der Waals surface area contributed by atoms with Gasteiger partial charge in [0.25, 0.3) is 0 Å². The molecule has 20 heavy (non-hydrogen) atoms. The Labute approximate surface area is 110 Å². The highest BCUT2D eigenvalue weighted by Gasteiger charge is 2.32. The van der Waals surface area contributed by atoms with E-state index in [1.807, 2.05) is 0 Å². The van der Waals surface area contributed by atoms with Gasteiger partial charge in [-0.3, -0.25) is 0 Å². The van der Waals surface area contributed by atoms with Crippen molar-refractivity contribution in [1.82, 2.24) is 4.98 Å². The van der Waals surface area contributed by atoms with Crippen molar-refractivity contribution in [2.45, 2.75) is 6.18 Å². The summed E-state index contributed by atoms with van der Waals surface area (Å²) in [5, 5.41) is 8.95. The molecule has 1 aromatic heterocycles. The van der Waals surface area contributed by atoms with Crippen LogP contribution in [0.1, 0.15) is 16.1 Å². The van der Waals surface area contributed by atoms with Crippen LogP contribution in [-0.2, 0) is 6.18 Å². The lowest BCUT2D eigenvalue weighted by atomic mass is 10.0. The third-order valence-electron chi connectivity index (χ3n) is 2.55. The first-order valence-electron chi connectivity index (χ1n) is 5.35. The minimum atomic E-state index is -4.66. The average molecular weight is 285 g/mol. The molecule has 0 aliphatic carbocycles. The van der Waals surface area contributed by atoms with Crippen LogP contribution in [0.3, 0.4) is 0 Å². The number of benzene rings is 1. The van der Waals surface area contributed by atoms with Crippen LogP contribution in [0.25, 0.3) is 11.1 Å². The lowest BCUT2D eigenvalue weighted by Gasteiger charge is -2.11. The second-order valence-electron chi connectivity index (χ2n) is 3.93. The molecular weight excluding hydrogens is 278 g/mol. The number of halogens is 4. The number of hydrogen-bond donors (Lipinski definition) is 1. The number of aromatic nitrogens is 1. The van der Waals surface area contributed by atoms with E-state index in [1.54, 1.807) is 0 Å². The summed E-state index contributed by atoms with van der Waals surface area (Å²) >= 11 is 0. The maximum absolute atomic E-state index is 13.1. The topological polar surface area (TPSA) is 50.2 Å². The summed E-state index contributed by atoms with van der Waals surface area (Å²) in [5.74, 6) is -2.17. The zero-order valence-corrected chi connectivity index (χ0v) is 9.78. The largest absolute Gasteiger partial charge is 0.476 e. The van der Waals surface area contributed by atoms with E-state index in [0.717, 1.165) is 12.1 Å². The predicted octanol–water partition coefficient (Wildman–Crippen LogP) is 3.60. The first-order chi connectivity index (χ1) is 9.29. The van der Waals surface area contributed by atoms with Crippen LogP contribution in [0, 0.1) is 5.82 Å². The third-order valence-corrected chi connectivity index (χ3v) is 2.55. The number of hydrogen-bond acceptors (Lipinski definition) is 2. The molecule has 2 rings (SSSR count). The van der Waals surface area contributed by atoms with Gasteiger partial charge in [-0.25, -0.2) is 14.2 Å². The van der Waals surface area contributed by atoms with Crippen molar-refractivity contribution >= 4 is 5.97 Å². The molecule has 0 atom stereocenters. The monoisotopic (exact) mass is 285 g/mol. The van der Waals surface area contributed by atoms with Crippen LogP contribution in [0.5, 0.6) is 0 Å². The molecule has 1 N–H and O–H groups in total. The number of rotatable bonds is 2. The summed E-state index contributed by atoms with van der Waals surface area (Å²) in [5.41, 5.74) is -1.93. The standard InChI is InChI=1S/C13H7F4NO2/c14-9-3-1-2-7(4-9)10-5-8(13(15,16)17)6-18-11(10)12(19)20/h1-6H,(H,19,20). The van der Waals surface area contributed by atoms with Gasteiger partial charge >= 0.3 is 12.1 Å². The van der Waals surface area contributed by atoms with E-state index in [1.165, 1.54) is 12.1 Å². The Morgan fingerprint density at radius 2 is 1.90 bits per heavy atom. The van der Waals surface area contributed by atoms with E-state index in [4.69, 9.17) is 5.11 Å². The van der Waals surface area contributed by atoms with Gasteiger partial charge in [-0.1, -0.05) is 12.1 Å². The van der Waals surface area contributed by atoms with Gasteiger partial charge in [-0.05, 0) is 23.8 Å². The fourth-order valence-electron chi connectivity index (χ4n) is 1.67. The second-order valence-corrected chi connectivity index (χ2v) is 3.93. The van der Waals surface area contributed by atoms with Crippen molar-refractivity contribution in [3.8, 4) is 11.1 Å². The van der Waals surface area contributed by atoms with Crippen LogP contribution < -0.4 is 0 Å². The van der Waals surface area contributed by atoms with Crippen LogP contribution in [0.2, 0.25) is 0 Å². The summed E-state index contributed by atoms with van der Waals surface area (Å²) < 4.78 is 51.0. The van der Waals surface area contributed by atoms with Gasteiger partial charge in [-0.2, -0.15) is 13.2 Å². The number of aromatic carboxylic acids is 1. The normalized spacial score (nSPS) is 11.4. The van der Waals surface area contributed by atoms with Gasteiger partial charge < -0.3 is 5.11 Å². The minimum Gasteiger partial charge on any atom is -0.476 e. The highest BCUT2D eigenvalue weighted by atomic mass is 19.4. The molecule has 0 aliphatic heterocycles. The number of alkyl halides is 3. The summed E-state index contributed by atoms with van der Waals surface area (Å²) in [4.78, 5) is 14.3. The van der Waals surface area contributed by atoms with Crippen molar-refractivity contribution in [1.29, 1.82) is 0 Å². The molecule has 104 valence electrons. The van der Waals surface area contributed by atoms with E-state index in [2.05, 4.69) is 4.98 Å². The Bertz CT molecular complexity index is 668. The zero-order chi connectivity index (χ0) is 14.9. The SMILES string of the molecule is O=C(O)c1ncc(C(F)(F)F)cc1-c1cccc(F)c1. The van der Waals surface area contributed by atoms with E-state index in [-0.39, 0.29) is 11.1 Å². The smallest absolute Gasteiger partial charge is 0.417 e. The molecule has 0 aliphatic rings. The molecule has 0 radical (unpaired) electrons. The molecule has 0 unspecified atom stereocenters. The zero-order valence-electron chi connectivity index (χ0n) is 9.78.